The minimum absolute atomic E-state index is 0.0872. The Balaban J connectivity index is 2.60. The fourth-order valence-corrected chi connectivity index (χ4v) is 2.93. The van der Waals surface area contributed by atoms with E-state index in [-0.39, 0.29) is 17.6 Å². The highest BCUT2D eigenvalue weighted by molar-refractivity contribution is 6.40. The van der Waals surface area contributed by atoms with Crippen LogP contribution in [0.5, 0.6) is 0 Å². The van der Waals surface area contributed by atoms with Crippen LogP contribution >= 0.6 is 0 Å². The Morgan fingerprint density at radius 1 is 1.17 bits per heavy atom. The lowest BCUT2D eigenvalue weighted by Crippen LogP contribution is -2.31. The van der Waals surface area contributed by atoms with Crippen LogP contribution in [-0.2, 0) is 14.3 Å². The Labute approximate surface area is 142 Å². The number of amides is 2. The standard InChI is InChI=1S/C19H23NO4/c1-5-6-7-8-17(24-4)18-15-11-14(12(2)21)9-10-16(15)20(13(3)22)19(18)23/h9-11H,5-8H2,1-4H3. The molecule has 5 nitrogen and oxygen atoms in total. The van der Waals surface area contributed by atoms with Crippen molar-refractivity contribution in [3.63, 3.8) is 0 Å². The molecule has 0 unspecified atom stereocenters. The van der Waals surface area contributed by atoms with E-state index in [0.717, 1.165) is 24.2 Å². The van der Waals surface area contributed by atoms with Gasteiger partial charge in [0.15, 0.2) is 5.78 Å². The van der Waals surface area contributed by atoms with E-state index in [1.54, 1.807) is 18.2 Å². The van der Waals surface area contributed by atoms with Gasteiger partial charge in [0.2, 0.25) is 5.91 Å². The van der Waals surface area contributed by atoms with Gasteiger partial charge in [-0.3, -0.25) is 14.4 Å². The molecule has 0 N–H and O–H groups in total. The third kappa shape index (κ3) is 3.25. The van der Waals surface area contributed by atoms with Crippen LogP contribution in [0.2, 0.25) is 0 Å². The molecule has 1 heterocycles. The summed E-state index contributed by atoms with van der Waals surface area (Å²) in [5, 5.41) is 0. The second-order valence-corrected chi connectivity index (χ2v) is 5.91. The number of carbonyl (C=O) groups is 3. The van der Waals surface area contributed by atoms with Crippen LogP contribution < -0.4 is 4.90 Å². The fraction of sp³-hybridized carbons (Fsp3) is 0.421. The van der Waals surface area contributed by atoms with Gasteiger partial charge in [0.25, 0.3) is 5.91 Å². The highest BCUT2D eigenvalue weighted by Gasteiger charge is 2.37. The molecule has 0 saturated carbocycles. The normalized spacial score (nSPS) is 15.3. The first-order chi connectivity index (χ1) is 11.4. The number of hydrogen-bond acceptors (Lipinski definition) is 4. The Morgan fingerprint density at radius 2 is 1.88 bits per heavy atom. The van der Waals surface area contributed by atoms with Crippen molar-refractivity contribution in [1.29, 1.82) is 0 Å². The number of unbranched alkanes of at least 4 members (excludes halogenated alkanes) is 2. The molecule has 2 amide bonds. The Bertz CT molecular complexity index is 718. The van der Waals surface area contributed by atoms with Crippen LogP contribution in [0.25, 0.3) is 5.57 Å². The van der Waals surface area contributed by atoms with Crippen molar-refractivity contribution in [2.45, 2.75) is 46.5 Å². The van der Waals surface area contributed by atoms with E-state index in [2.05, 4.69) is 6.92 Å². The van der Waals surface area contributed by atoms with E-state index in [4.69, 9.17) is 4.74 Å². The van der Waals surface area contributed by atoms with Gasteiger partial charge in [0, 0.05) is 24.5 Å². The molecule has 0 bridgehead atoms. The van der Waals surface area contributed by atoms with Gasteiger partial charge in [0.05, 0.1) is 18.4 Å². The molecule has 1 aromatic carbocycles. The van der Waals surface area contributed by atoms with Crippen molar-refractivity contribution in [3.8, 4) is 0 Å². The summed E-state index contributed by atoms with van der Waals surface area (Å²) in [6, 6.07) is 4.96. The Hall–Kier alpha value is -2.43. The molecule has 2 rings (SSSR count). The average Bonchev–Trinajstić information content (AvgIpc) is 2.83. The number of ketones is 1. The molecule has 1 aromatic rings. The molecule has 0 saturated heterocycles. The maximum Gasteiger partial charge on any atom is 0.269 e. The number of imide groups is 1. The number of ether oxygens (including phenoxy) is 1. The minimum atomic E-state index is -0.383. The van der Waals surface area contributed by atoms with Crippen molar-refractivity contribution >= 4 is 28.9 Å². The summed E-state index contributed by atoms with van der Waals surface area (Å²) in [6.07, 6.45) is 3.62. The molecule has 0 fully saturated rings. The van der Waals surface area contributed by atoms with Gasteiger partial charge < -0.3 is 4.74 Å². The van der Waals surface area contributed by atoms with Crippen LogP contribution in [0.3, 0.4) is 0 Å². The summed E-state index contributed by atoms with van der Waals surface area (Å²) in [7, 11) is 1.53. The zero-order valence-electron chi connectivity index (χ0n) is 14.6. The lowest BCUT2D eigenvalue weighted by Gasteiger charge is -2.12. The van der Waals surface area contributed by atoms with Crippen molar-refractivity contribution in [3.05, 3.63) is 35.1 Å². The third-order valence-corrected chi connectivity index (χ3v) is 4.18. The first kappa shape index (κ1) is 17.9. The highest BCUT2D eigenvalue weighted by Crippen LogP contribution is 2.40. The molecule has 1 aliphatic rings. The van der Waals surface area contributed by atoms with Gasteiger partial charge >= 0.3 is 0 Å². The number of anilines is 1. The van der Waals surface area contributed by atoms with Gasteiger partial charge in [-0.25, -0.2) is 4.90 Å². The Kier molecular flexibility index (Phi) is 5.54. The number of nitrogens with zero attached hydrogens (tertiary/aromatic N) is 1. The SMILES string of the molecule is CCCCCC(OC)=C1C(=O)N(C(C)=O)c2ccc(C(C)=O)cc21. The highest BCUT2D eigenvalue weighted by atomic mass is 16.5. The van der Waals surface area contributed by atoms with Crippen molar-refractivity contribution < 1.29 is 19.1 Å². The predicted octanol–water partition coefficient (Wildman–Crippen LogP) is 3.72. The minimum Gasteiger partial charge on any atom is -0.500 e. The average molecular weight is 329 g/mol. The van der Waals surface area contributed by atoms with Crippen LogP contribution in [0.1, 0.15) is 62.4 Å². The smallest absolute Gasteiger partial charge is 0.269 e. The van der Waals surface area contributed by atoms with Crippen LogP contribution in [-0.4, -0.2) is 24.7 Å². The molecular weight excluding hydrogens is 306 g/mol. The number of allylic oxidation sites excluding steroid dienone is 1. The fourth-order valence-electron chi connectivity index (χ4n) is 2.93. The van der Waals surface area contributed by atoms with Gasteiger partial charge in [0.1, 0.15) is 5.76 Å². The van der Waals surface area contributed by atoms with E-state index >= 15 is 0 Å². The van der Waals surface area contributed by atoms with Gasteiger partial charge in [-0.1, -0.05) is 19.8 Å². The summed E-state index contributed by atoms with van der Waals surface area (Å²) in [5.41, 5.74) is 2.00. The number of Topliss-reactive ketones (excluding diaryl/α,β-unsaturated/α-hetero) is 1. The molecule has 0 radical (unpaired) electrons. The van der Waals surface area contributed by atoms with E-state index in [9.17, 15) is 14.4 Å². The summed E-state index contributed by atoms with van der Waals surface area (Å²) < 4.78 is 5.47. The van der Waals surface area contributed by atoms with E-state index in [0.29, 0.717) is 34.6 Å². The molecule has 24 heavy (non-hydrogen) atoms. The topological polar surface area (TPSA) is 63.7 Å². The molecular formula is C19H23NO4. The zero-order chi connectivity index (χ0) is 17.9. The van der Waals surface area contributed by atoms with Crippen molar-refractivity contribution in [2.75, 3.05) is 12.0 Å². The quantitative estimate of drug-likeness (QED) is 0.345. The number of hydrogen-bond donors (Lipinski definition) is 0. The van der Waals surface area contributed by atoms with E-state index < -0.39 is 0 Å². The first-order valence-corrected chi connectivity index (χ1v) is 8.19. The zero-order valence-corrected chi connectivity index (χ0v) is 14.6. The molecule has 0 atom stereocenters. The molecule has 0 aromatic heterocycles. The largest absolute Gasteiger partial charge is 0.500 e. The van der Waals surface area contributed by atoms with Crippen LogP contribution in [0, 0.1) is 0 Å². The number of carbonyl (C=O) groups excluding carboxylic acids is 3. The molecule has 0 spiro atoms. The Morgan fingerprint density at radius 3 is 2.42 bits per heavy atom. The summed E-state index contributed by atoms with van der Waals surface area (Å²) >= 11 is 0. The predicted molar refractivity (Wildman–Crippen MR) is 92.7 cm³/mol. The molecule has 1 aliphatic heterocycles. The van der Waals surface area contributed by atoms with Crippen molar-refractivity contribution in [2.24, 2.45) is 0 Å². The number of methoxy groups -OCH3 is 1. The monoisotopic (exact) mass is 329 g/mol. The summed E-state index contributed by atoms with van der Waals surface area (Å²) in [6.45, 7) is 4.93. The first-order valence-electron chi connectivity index (χ1n) is 8.19. The van der Waals surface area contributed by atoms with E-state index in [1.807, 2.05) is 0 Å². The molecule has 128 valence electrons. The second kappa shape index (κ2) is 7.43. The summed E-state index contributed by atoms with van der Waals surface area (Å²) in [5.74, 6) is -0.252. The number of rotatable bonds is 6. The maximum absolute atomic E-state index is 12.8. The lowest BCUT2D eigenvalue weighted by atomic mass is 9.99. The van der Waals surface area contributed by atoms with Crippen molar-refractivity contribution in [1.82, 2.24) is 0 Å². The summed E-state index contributed by atoms with van der Waals surface area (Å²) in [4.78, 5) is 37.6. The lowest BCUT2D eigenvalue weighted by molar-refractivity contribution is -0.122. The van der Waals surface area contributed by atoms with Gasteiger partial charge in [-0.2, -0.15) is 0 Å². The van der Waals surface area contributed by atoms with E-state index in [1.165, 1.54) is 21.0 Å². The molecule has 0 aliphatic carbocycles. The number of fused-ring (bicyclic) bond motifs is 1. The molecule has 5 heteroatoms. The third-order valence-electron chi connectivity index (χ3n) is 4.18. The number of benzene rings is 1. The van der Waals surface area contributed by atoms with Gasteiger partial charge in [-0.05, 0) is 31.5 Å². The van der Waals surface area contributed by atoms with Crippen LogP contribution in [0.4, 0.5) is 5.69 Å². The van der Waals surface area contributed by atoms with Gasteiger partial charge in [-0.15, -0.1) is 0 Å². The van der Waals surface area contributed by atoms with Crippen LogP contribution in [0.15, 0.2) is 24.0 Å². The second-order valence-electron chi connectivity index (χ2n) is 5.91. The maximum atomic E-state index is 12.8.